The number of amidine groups is 1. The smallest absolute Gasteiger partial charge is 0.239 e. The van der Waals surface area contributed by atoms with Gasteiger partial charge in [0.1, 0.15) is 0 Å². The molecule has 1 saturated heterocycles. The minimum atomic E-state index is 0.0605. The van der Waals surface area contributed by atoms with E-state index in [9.17, 15) is 4.79 Å². The second-order valence-electron chi connectivity index (χ2n) is 5.12. The van der Waals surface area contributed by atoms with E-state index in [1.54, 1.807) is 4.90 Å². The van der Waals surface area contributed by atoms with E-state index >= 15 is 0 Å². The van der Waals surface area contributed by atoms with Crippen LogP contribution in [0.5, 0.6) is 0 Å². The molecule has 1 aromatic carbocycles. The number of rotatable bonds is 3. The first-order chi connectivity index (χ1) is 10.2. The highest BCUT2D eigenvalue weighted by atomic mass is 35.5. The van der Waals surface area contributed by atoms with Crippen LogP contribution in [0.3, 0.4) is 0 Å². The molecule has 2 aliphatic rings. The van der Waals surface area contributed by atoms with Crippen LogP contribution in [0.15, 0.2) is 34.5 Å². The molecule has 4 nitrogen and oxygen atoms in total. The van der Waals surface area contributed by atoms with Crippen LogP contribution in [0.2, 0.25) is 5.02 Å². The van der Waals surface area contributed by atoms with Gasteiger partial charge in [-0.25, -0.2) is 0 Å². The van der Waals surface area contributed by atoms with Crippen molar-refractivity contribution in [1.82, 2.24) is 4.90 Å². The molecule has 2 fully saturated rings. The van der Waals surface area contributed by atoms with Crippen LogP contribution < -0.4 is 0 Å². The Balaban J connectivity index is 1.78. The van der Waals surface area contributed by atoms with E-state index in [-0.39, 0.29) is 5.91 Å². The molecule has 0 unspecified atom stereocenters. The van der Waals surface area contributed by atoms with Gasteiger partial charge in [-0.05, 0) is 37.3 Å². The van der Waals surface area contributed by atoms with E-state index in [1.807, 2.05) is 24.3 Å². The first kappa shape index (κ1) is 14.6. The fourth-order valence-electron chi connectivity index (χ4n) is 2.42. The van der Waals surface area contributed by atoms with Gasteiger partial charge in [-0.3, -0.25) is 9.69 Å². The Morgan fingerprint density at radius 1 is 1.19 bits per heavy atom. The Morgan fingerprint density at radius 3 is 2.71 bits per heavy atom. The zero-order valence-corrected chi connectivity index (χ0v) is 13.2. The lowest BCUT2D eigenvalue weighted by atomic mass is 10.2. The molecule has 0 spiro atoms. The first-order valence-electron chi connectivity index (χ1n) is 7.04. The number of halogens is 1. The third kappa shape index (κ3) is 3.47. The zero-order valence-electron chi connectivity index (χ0n) is 11.6. The van der Waals surface area contributed by atoms with E-state index in [0.29, 0.717) is 22.5 Å². The molecule has 0 aromatic heterocycles. The number of carbonyl (C=O) groups is 1. The van der Waals surface area contributed by atoms with Crippen molar-refractivity contribution in [1.29, 1.82) is 0 Å². The summed E-state index contributed by atoms with van der Waals surface area (Å²) < 4.78 is 0. The maximum absolute atomic E-state index is 12.0. The summed E-state index contributed by atoms with van der Waals surface area (Å²) in [6, 6.07) is 7.57. The third-order valence-electron chi connectivity index (χ3n) is 3.60. The predicted octanol–water partition coefficient (Wildman–Crippen LogP) is 3.70. The highest BCUT2D eigenvalue weighted by molar-refractivity contribution is 8.15. The van der Waals surface area contributed by atoms with Gasteiger partial charge in [0.15, 0.2) is 5.17 Å². The SMILES string of the molecule is O=C1CSC(=NN=C2CCCC2)N1Cc1ccccc1Cl. The van der Waals surface area contributed by atoms with Crippen LogP contribution >= 0.6 is 23.4 Å². The molecule has 0 N–H and O–H groups in total. The van der Waals surface area contributed by atoms with Crippen molar-refractivity contribution >= 4 is 40.1 Å². The Morgan fingerprint density at radius 2 is 1.95 bits per heavy atom. The molecule has 3 rings (SSSR count). The maximum atomic E-state index is 12.0. The molecule has 1 aromatic rings. The normalized spacial score (nSPS) is 20.6. The number of hydrogen-bond donors (Lipinski definition) is 0. The second-order valence-corrected chi connectivity index (χ2v) is 6.47. The lowest BCUT2D eigenvalue weighted by Crippen LogP contribution is -2.29. The molecule has 1 aliphatic heterocycles. The molecule has 0 radical (unpaired) electrons. The van der Waals surface area contributed by atoms with Crippen LogP contribution in [0.1, 0.15) is 31.2 Å². The molecule has 110 valence electrons. The number of thioether (sulfide) groups is 1. The molecular weight excluding hydrogens is 306 g/mol. The lowest BCUT2D eigenvalue weighted by molar-refractivity contribution is -0.124. The summed E-state index contributed by atoms with van der Waals surface area (Å²) in [5, 5.41) is 9.95. The van der Waals surface area contributed by atoms with Crippen molar-refractivity contribution in [2.45, 2.75) is 32.2 Å². The van der Waals surface area contributed by atoms with Crippen molar-refractivity contribution in [2.75, 3.05) is 5.75 Å². The third-order valence-corrected chi connectivity index (χ3v) is 4.92. The number of amides is 1. The van der Waals surface area contributed by atoms with Crippen LogP contribution in [-0.4, -0.2) is 27.4 Å². The summed E-state index contributed by atoms with van der Waals surface area (Å²) in [6.07, 6.45) is 4.44. The van der Waals surface area contributed by atoms with Crippen molar-refractivity contribution in [3.05, 3.63) is 34.9 Å². The quantitative estimate of drug-likeness (QED) is 0.797. The minimum absolute atomic E-state index is 0.0605. The van der Waals surface area contributed by atoms with Crippen LogP contribution in [-0.2, 0) is 11.3 Å². The average Bonchev–Trinajstić information content (AvgIpc) is 3.11. The van der Waals surface area contributed by atoms with Gasteiger partial charge in [0.2, 0.25) is 5.91 Å². The topological polar surface area (TPSA) is 45.0 Å². The Hall–Kier alpha value is -1.33. The largest absolute Gasteiger partial charge is 0.285 e. The predicted molar refractivity (Wildman–Crippen MR) is 87.8 cm³/mol. The van der Waals surface area contributed by atoms with Gasteiger partial charge in [0.05, 0.1) is 12.3 Å². The zero-order chi connectivity index (χ0) is 14.7. The summed E-state index contributed by atoms with van der Waals surface area (Å²) >= 11 is 7.61. The van der Waals surface area contributed by atoms with Crippen molar-refractivity contribution in [3.8, 4) is 0 Å². The molecule has 0 atom stereocenters. The molecule has 1 aliphatic carbocycles. The number of carbonyl (C=O) groups excluding carboxylic acids is 1. The number of hydrogen-bond acceptors (Lipinski definition) is 4. The Kier molecular flexibility index (Phi) is 4.60. The van der Waals surface area contributed by atoms with E-state index in [4.69, 9.17) is 11.6 Å². The Labute approximate surface area is 133 Å². The van der Waals surface area contributed by atoms with Gasteiger partial charge in [-0.15, -0.1) is 5.10 Å². The summed E-state index contributed by atoms with van der Waals surface area (Å²) in [4.78, 5) is 13.7. The second kappa shape index (κ2) is 6.62. The molecule has 1 amide bonds. The lowest BCUT2D eigenvalue weighted by Gasteiger charge is -2.16. The summed E-state index contributed by atoms with van der Waals surface area (Å²) in [5.41, 5.74) is 2.07. The molecule has 0 bridgehead atoms. The van der Waals surface area contributed by atoms with Gasteiger partial charge in [0, 0.05) is 10.7 Å². The summed E-state index contributed by atoms with van der Waals surface area (Å²) in [7, 11) is 0. The van der Waals surface area contributed by atoms with Crippen molar-refractivity contribution in [3.63, 3.8) is 0 Å². The highest BCUT2D eigenvalue weighted by Gasteiger charge is 2.29. The Bertz CT molecular complexity index is 607. The van der Waals surface area contributed by atoms with E-state index in [0.717, 1.165) is 24.1 Å². The van der Waals surface area contributed by atoms with Gasteiger partial charge in [0.25, 0.3) is 0 Å². The van der Waals surface area contributed by atoms with Gasteiger partial charge in [-0.2, -0.15) is 5.10 Å². The van der Waals surface area contributed by atoms with E-state index < -0.39 is 0 Å². The highest BCUT2D eigenvalue weighted by Crippen LogP contribution is 2.25. The van der Waals surface area contributed by atoms with Crippen molar-refractivity contribution in [2.24, 2.45) is 10.2 Å². The molecule has 6 heteroatoms. The standard InChI is InChI=1S/C15H16ClN3OS/c16-13-8-4-1-5-11(13)9-19-14(20)10-21-15(19)18-17-12-6-2-3-7-12/h1,4-5,8H,2-3,6-7,9-10H2. The monoisotopic (exact) mass is 321 g/mol. The van der Waals surface area contributed by atoms with Gasteiger partial charge in [-0.1, -0.05) is 41.6 Å². The van der Waals surface area contributed by atoms with E-state index in [1.165, 1.54) is 24.6 Å². The number of benzene rings is 1. The van der Waals surface area contributed by atoms with Gasteiger partial charge >= 0.3 is 0 Å². The fraction of sp³-hybridized carbons (Fsp3) is 0.400. The van der Waals surface area contributed by atoms with Gasteiger partial charge < -0.3 is 0 Å². The summed E-state index contributed by atoms with van der Waals surface area (Å²) in [6.45, 7) is 0.454. The average molecular weight is 322 g/mol. The summed E-state index contributed by atoms with van der Waals surface area (Å²) in [5.74, 6) is 0.485. The van der Waals surface area contributed by atoms with Crippen LogP contribution in [0.25, 0.3) is 0 Å². The fourth-order valence-corrected chi connectivity index (χ4v) is 3.45. The molecule has 1 heterocycles. The molecule has 1 saturated carbocycles. The van der Waals surface area contributed by atoms with E-state index in [2.05, 4.69) is 10.2 Å². The maximum Gasteiger partial charge on any atom is 0.239 e. The molecular formula is C15H16ClN3OS. The van der Waals surface area contributed by atoms with Crippen molar-refractivity contribution < 1.29 is 4.79 Å². The van der Waals surface area contributed by atoms with Crippen LogP contribution in [0.4, 0.5) is 0 Å². The van der Waals surface area contributed by atoms with Crippen LogP contribution in [0, 0.1) is 0 Å². The molecule has 21 heavy (non-hydrogen) atoms. The minimum Gasteiger partial charge on any atom is -0.285 e. The first-order valence-corrected chi connectivity index (χ1v) is 8.40. The number of nitrogens with zero attached hydrogens (tertiary/aromatic N) is 3.